The van der Waals surface area contributed by atoms with E-state index in [0.717, 1.165) is 38.2 Å². The molecule has 0 unspecified atom stereocenters. The molecule has 1 aliphatic rings. The molecule has 0 bridgehead atoms. The lowest BCUT2D eigenvalue weighted by Crippen LogP contribution is -2.21. The monoisotopic (exact) mass is 297 g/mol. The Balaban J connectivity index is 1.78. The summed E-state index contributed by atoms with van der Waals surface area (Å²) in [4.78, 5) is 0. The fourth-order valence-electron chi connectivity index (χ4n) is 2.30. The smallest absolute Gasteiger partial charge is 0.165 e. The molecule has 1 aliphatic heterocycles. The van der Waals surface area contributed by atoms with Gasteiger partial charge in [-0.3, -0.25) is 0 Å². The van der Waals surface area contributed by atoms with Crippen molar-refractivity contribution in [3.05, 3.63) is 29.6 Å². The van der Waals surface area contributed by atoms with Gasteiger partial charge < -0.3 is 19.5 Å². The Labute approximate surface area is 125 Å². The topological polar surface area (TPSA) is 39.7 Å². The summed E-state index contributed by atoms with van der Waals surface area (Å²) in [5.74, 6) is 0.503. The molecule has 21 heavy (non-hydrogen) atoms. The van der Waals surface area contributed by atoms with Crippen LogP contribution in [0, 0.1) is 11.7 Å². The fraction of sp³-hybridized carbons (Fsp3) is 0.625. The normalized spacial score (nSPS) is 16.1. The van der Waals surface area contributed by atoms with Crippen molar-refractivity contribution in [2.45, 2.75) is 19.4 Å². The lowest BCUT2D eigenvalue weighted by molar-refractivity contribution is 0.0491. The van der Waals surface area contributed by atoms with Crippen LogP contribution in [0.1, 0.15) is 18.4 Å². The quantitative estimate of drug-likeness (QED) is 0.748. The molecule has 1 saturated heterocycles. The van der Waals surface area contributed by atoms with E-state index < -0.39 is 0 Å². The Bertz CT molecular complexity index is 422. The van der Waals surface area contributed by atoms with E-state index in [0.29, 0.717) is 31.4 Å². The maximum atomic E-state index is 14.0. The van der Waals surface area contributed by atoms with Gasteiger partial charge in [-0.15, -0.1) is 0 Å². The molecule has 1 heterocycles. The second kappa shape index (κ2) is 8.97. The molecule has 4 nitrogen and oxygen atoms in total. The largest absolute Gasteiger partial charge is 0.490 e. The Morgan fingerprint density at radius 3 is 2.86 bits per heavy atom. The summed E-state index contributed by atoms with van der Waals surface area (Å²) in [6.45, 7) is 4.15. The van der Waals surface area contributed by atoms with Crippen LogP contribution in [-0.4, -0.2) is 40.1 Å². The number of ether oxygens (including phenoxy) is 3. The summed E-state index contributed by atoms with van der Waals surface area (Å²) >= 11 is 0. The molecule has 0 amide bonds. The van der Waals surface area contributed by atoms with Gasteiger partial charge in [-0.05, 0) is 36.5 Å². The molecule has 0 saturated carbocycles. The molecular formula is C16H24FNO3. The van der Waals surface area contributed by atoms with Gasteiger partial charge in [0.05, 0.1) is 13.2 Å². The predicted octanol–water partition coefficient (Wildman–Crippen LogP) is 2.37. The molecule has 1 fully saturated rings. The zero-order valence-electron chi connectivity index (χ0n) is 12.6. The van der Waals surface area contributed by atoms with Crippen molar-refractivity contribution in [3.8, 4) is 5.75 Å². The highest BCUT2D eigenvalue weighted by atomic mass is 19.1. The third-order valence-electron chi connectivity index (χ3n) is 3.62. The van der Waals surface area contributed by atoms with Crippen LogP contribution >= 0.6 is 0 Å². The zero-order valence-corrected chi connectivity index (χ0v) is 12.6. The standard InChI is InChI=1S/C16H24FNO3/c1-19-9-6-18-11-14-2-3-16(15(17)10-14)21-12-13-4-7-20-8-5-13/h2-3,10,13,18H,4-9,11-12H2,1H3. The van der Waals surface area contributed by atoms with Gasteiger partial charge in [0.15, 0.2) is 11.6 Å². The minimum atomic E-state index is -0.298. The number of benzene rings is 1. The van der Waals surface area contributed by atoms with Crippen LogP contribution in [0.2, 0.25) is 0 Å². The van der Waals surface area contributed by atoms with Crippen LogP contribution in [0.5, 0.6) is 5.75 Å². The van der Waals surface area contributed by atoms with Gasteiger partial charge in [0.1, 0.15) is 0 Å². The van der Waals surface area contributed by atoms with E-state index in [-0.39, 0.29) is 5.82 Å². The Kier molecular flexibility index (Phi) is 6.92. The van der Waals surface area contributed by atoms with Crippen LogP contribution in [-0.2, 0) is 16.0 Å². The van der Waals surface area contributed by atoms with Gasteiger partial charge in [0.2, 0.25) is 0 Å². The van der Waals surface area contributed by atoms with Crippen molar-refractivity contribution in [3.63, 3.8) is 0 Å². The van der Waals surface area contributed by atoms with Crippen molar-refractivity contribution in [1.82, 2.24) is 5.32 Å². The SMILES string of the molecule is COCCNCc1ccc(OCC2CCOCC2)c(F)c1. The van der Waals surface area contributed by atoms with Crippen LogP contribution in [0.4, 0.5) is 4.39 Å². The first-order valence-corrected chi connectivity index (χ1v) is 7.48. The van der Waals surface area contributed by atoms with E-state index in [1.165, 1.54) is 6.07 Å². The number of hydrogen-bond donors (Lipinski definition) is 1. The van der Waals surface area contributed by atoms with Gasteiger partial charge in [-0.25, -0.2) is 4.39 Å². The summed E-state index contributed by atoms with van der Waals surface area (Å²) in [5, 5.41) is 3.19. The highest BCUT2D eigenvalue weighted by Crippen LogP contribution is 2.21. The first-order valence-electron chi connectivity index (χ1n) is 7.48. The van der Waals surface area contributed by atoms with E-state index in [9.17, 15) is 4.39 Å². The highest BCUT2D eigenvalue weighted by Gasteiger charge is 2.15. The van der Waals surface area contributed by atoms with Gasteiger partial charge >= 0.3 is 0 Å². The van der Waals surface area contributed by atoms with E-state index in [4.69, 9.17) is 14.2 Å². The lowest BCUT2D eigenvalue weighted by atomic mass is 10.0. The maximum absolute atomic E-state index is 14.0. The molecular weight excluding hydrogens is 273 g/mol. The van der Waals surface area contributed by atoms with Crippen molar-refractivity contribution in [1.29, 1.82) is 0 Å². The van der Waals surface area contributed by atoms with Crippen molar-refractivity contribution < 1.29 is 18.6 Å². The molecule has 0 atom stereocenters. The molecule has 1 aromatic rings. The van der Waals surface area contributed by atoms with Crippen molar-refractivity contribution in [2.24, 2.45) is 5.92 Å². The number of nitrogens with one attached hydrogen (secondary N) is 1. The van der Waals surface area contributed by atoms with E-state index in [1.807, 2.05) is 6.07 Å². The maximum Gasteiger partial charge on any atom is 0.165 e. The molecule has 0 spiro atoms. The lowest BCUT2D eigenvalue weighted by Gasteiger charge is -2.22. The first-order chi connectivity index (χ1) is 10.3. The van der Waals surface area contributed by atoms with Crippen LogP contribution in [0.25, 0.3) is 0 Å². The zero-order chi connectivity index (χ0) is 14.9. The molecule has 0 radical (unpaired) electrons. The van der Waals surface area contributed by atoms with E-state index in [2.05, 4.69) is 5.32 Å². The van der Waals surface area contributed by atoms with Crippen LogP contribution < -0.4 is 10.1 Å². The van der Waals surface area contributed by atoms with Gasteiger partial charge in [0, 0.05) is 33.4 Å². The summed E-state index contributed by atoms with van der Waals surface area (Å²) in [6, 6.07) is 5.13. The molecule has 118 valence electrons. The van der Waals surface area contributed by atoms with Gasteiger partial charge in [0.25, 0.3) is 0 Å². The van der Waals surface area contributed by atoms with E-state index in [1.54, 1.807) is 13.2 Å². The van der Waals surface area contributed by atoms with Crippen LogP contribution in [0.15, 0.2) is 18.2 Å². The number of halogens is 1. The second-order valence-corrected chi connectivity index (χ2v) is 5.30. The fourth-order valence-corrected chi connectivity index (χ4v) is 2.30. The Morgan fingerprint density at radius 2 is 2.14 bits per heavy atom. The predicted molar refractivity (Wildman–Crippen MR) is 79.0 cm³/mol. The number of rotatable bonds is 8. The first kappa shape index (κ1) is 16.2. The summed E-state index contributed by atoms with van der Waals surface area (Å²) in [7, 11) is 1.66. The third-order valence-corrected chi connectivity index (χ3v) is 3.62. The second-order valence-electron chi connectivity index (χ2n) is 5.30. The van der Waals surface area contributed by atoms with Crippen molar-refractivity contribution in [2.75, 3.05) is 40.1 Å². The molecule has 5 heteroatoms. The summed E-state index contributed by atoms with van der Waals surface area (Å²) in [6.07, 6.45) is 1.98. The number of methoxy groups -OCH3 is 1. The van der Waals surface area contributed by atoms with Gasteiger partial charge in [-0.1, -0.05) is 6.07 Å². The van der Waals surface area contributed by atoms with E-state index >= 15 is 0 Å². The molecule has 1 aromatic carbocycles. The molecule has 2 rings (SSSR count). The average Bonchev–Trinajstić information content (AvgIpc) is 2.52. The Morgan fingerprint density at radius 1 is 1.33 bits per heavy atom. The van der Waals surface area contributed by atoms with Crippen LogP contribution in [0.3, 0.4) is 0 Å². The minimum Gasteiger partial charge on any atom is -0.490 e. The molecule has 0 aliphatic carbocycles. The third kappa shape index (κ3) is 5.61. The highest BCUT2D eigenvalue weighted by molar-refractivity contribution is 5.29. The molecule has 1 N–H and O–H groups in total. The Hall–Kier alpha value is -1.17. The molecule has 0 aromatic heterocycles. The summed E-state index contributed by atoms with van der Waals surface area (Å²) in [5.41, 5.74) is 0.905. The number of hydrogen-bond acceptors (Lipinski definition) is 4. The average molecular weight is 297 g/mol. The van der Waals surface area contributed by atoms with Crippen molar-refractivity contribution >= 4 is 0 Å². The van der Waals surface area contributed by atoms with Gasteiger partial charge in [-0.2, -0.15) is 0 Å². The minimum absolute atomic E-state index is 0.298. The summed E-state index contributed by atoms with van der Waals surface area (Å²) < 4.78 is 29.8.